The van der Waals surface area contributed by atoms with Gasteiger partial charge in [-0.3, -0.25) is 0 Å². The van der Waals surface area contributed by atoms with Crippen molar-refractivity contribution in [1.29, 1.82) is 0 Å². The molecule has 2 atom stereocenters. The summed E-state index contributed by atoms with van der Waals surface area (Å²) >= 11 is 0. The van der Waals surface area contributed by atoms with Gasteiger partial charge in [0.15, 0.2) is 0 Å². The van der Waals surface area contributed by atoms with E-state index in [4.69, 9.17) is 5.11 Å². The van der Waals surface area contributed by atoms with Gasteiger partial charge in [0.2, 0.25) is 0 Å². The molecule has 1 N–H and O–H groups in total. The molecule has 0 aromatic heterocycles. The van der Waals surface area contributed by atoms with E-state index in [-0.39, 0.29) is 12.7 Å². The fourth-order valence-corrected chi connectivity index (χ4v) is 0.676. The molecule has 1 radical (unpaired) electrons. The van der Waals surface area contributed by atoms with Gasteiger partial charge in [-0.1, -0.05) is 0 Å². The summed E-state index contributed by atoms with van der Waals surface area (Å²) in [5.74, 6) is 0. The van der Waals surface area contributed by atoms with Gasteiger partial charge in [-0.2, -0.15) is 0 Å². The standard InChI is InChI=1S/C5H8FO2/c6-4-1-5(2-7)8-3-4/h3-5,7H,1-2H2/t4-,5-/m0/s1. The molecular formula is C5H8FO2. The Morgan fingerprint density at radius 3 is 2.88 bits per heavy atom. The average Bonchev–Trinajstić information content (AvgIpc) is 2.14. The van der Waals surface area contributed by atoms with E-state index in [1.165, 1.54) is 0 Å². The van der Waals surface area contributed by atoms with E-state index in [0.717, 1.165) is 6.61 Å². The first-order chi connectivity index (χ1) is 3.83. The second-order valence-corrected chi connectivity index (χ2v) is 1.83. The van der Waals surface area contributed by atoms with E-state index >= 15 is 0 Å². The van der Waals surface area contributed by atoms with Crippen molar-refractivity contribution in [3.63, 3.8) is 0 Å². The topological polar surface area (TPSA) is 29.5 Å². The van der Waals surface area contributed by atoms with Gasteiger partial charge in [0.05, 0.1) is 12.7 Å². The predicted molar refractivity (Wildman–Crippen MR) is 25.8 cm³/mol. The first kappa shape index (κ1) is 5.98. The smallest absolute Gasteiger partial charge is 0.131 e. The summed E-state index contributed by atoms with van der Waals surface area (Å²) in [6, 6.07) is 0. The molecule has 1 saturated heterocycles. The van der Waals surface area contributed by atoms with Gasteiger partial charge >= 0.3 is 0 Å². The van der Waals surface area contributed by atoms with Gasteiger partial charge < -0.3 is 9.84 Å². The number of hydrogen-bond acceptors (Lipinski definition) is 2. The Morgan fingerprint density at radius 2 is 2.62 bits per heavy atom. The predicted octanol–water partition coefficient (Wildman–Crippen LogP) is 0.267. The van der Waals surface area contributed by atoms with E-state index in [1.54, 1.807) is 0 Å². The summed E-state index contributed by atoms with van der Waals surface area (Å²) in [7, 11) is 0. The lowest BCUT2D eigenvalue weighted by molar-refractivity contribution is 0.0866. The number of halogens is 1. The Bertz CT molecular complexity index is 76.8. The minimum absolute atomic E-state index is 0.0864. The van der Waals surface area contributed by atoms with Crippen LogP contribution < -0.4 is 0 Å². The third-order valence-corrected chi connectivity index (χ3v) is 1.11. The molecule has 3 heteroatoms. The molecule has 8 heavy (non-hydrogen) atoms. The van der Waals surface area contributed by atoms with Crippen LogP contribution in [-0.2, 0) is 4.74 Å². The number of alkyl halides is 1. The third-order valence-electron chi connectivity index (χ3n) is 1.11. The van der Waals surface area contributed by atoms with Crippen molar-refractivity contribution >= 4 is 0 Å². The molecule has 0 bridgehead atoms. The fourth-order valence-electron chi connectivity index (χ4n) is 0.676. The molecule has 0 spiro atoms. The molecule has 1 heterocycles. The van der Waals surface area contributed by atoms with Crippen LogP contribution in [-0.4, -0.2) is 24.0 Å². The van der Waals surface area contributed by atoms with E-state index < -0.39 is 6.17 Å². The highest BCUT2D eigenvalue weighted by atomic mass is 19.1. The van der Waals surface area contributed by atoms with E-state index in [2.05, 4.69) is 4.74 Å². The van der Waals surface area contributed by atoms with E-state index in [9.17, 15) is 4.39 Å². The molecule has 0 amide bonds. The summed E-state index contributed by atoms with van der Waals surface area (Å²) in [4.78, 5) is 0. The molecule has 1 aliphatic rings. The van der Waals surface area contributed by atoms with Gasteiger partial charge in [-0.05, 0) is 0 Å². The van der Waals surface area contributed by atoms with Crippen molar-refractivity contribution in [2.75, 3.05) is 6.61 Å². The molecule has 1 aliphatic heterocycles. The normalized spacial score (nSPS) is 38.2. The fraction of sp³-hybridized carbons (Fsp3) is 0.800. The lowest BCUT2D eigenvalue weighted by Crippen LogP contribution is -2.09. The SMILES string of the molecule is OC[C@@H]1C[C@H](F)[CH]O1. The van der Waals surface area contributed by atoms with E-state index in [0.29, 0.717) is 6.42 Å². The number of rotatable bonds is 1. The van der Waals surface area contributed by atoms with Crippen LogP contribution in [0.25, 0.3) is 0 Å². The molecule has 0 aliphatic carbocycles. The summed E-state index contributed by atoms with van der Waals surface area (Å²) in [6.07, 6.45) is -0.978. The van der Waals surface area contributed by atoms with Crippen LogP contribution in [0.5, 0.6) is 0 Å². The molecule has 0 saturated carbocycles. The maximum Gasteiger partial charge on any atom is 0.131 e. The monoisotopic (exact) mass is 119 g/mol. The highest BCUT2D eigenvalue weighted by Gasteiger charge is 2.24. The average molecular weight is 119 g/mol. The largest absolute Gasteiger partial charge is 0.394 e. The molecule has 0 unspecified atom stereocenters. The summed E-state index contributed by atoms with van der Waals surface area (Å²) in [5, 5.41) is 8.37. The van der Waals surface area contributed by atoms with Crippen molar-refractivity contribution < 1.29 is 14.2 Å². The first-order valence-electron chi connectivity index (χ1n) is 2.56. The molecule has 0 aromatic carbocycles. The van der Waals surface area contributed by atoms with Crippen molar-refractivity contribution in [2.45, 2.75) is 18.7 Å². The molecule has 1 rings (SSSR count). The lowest BCUT2D eigenvalue weighted by Gasteiger charge is -1.99. The first-order valence-corrected chi connectivity index (χ1v) is 2.56. The Balaban J connectivity index is 2.22. The molecule has 0 aromatic rings. The zero-order chi connectivity index (χ0) is 5.98. The van der Waals surface area contributed by atoms with Gasteiger partial charge in [-0.15, -0.1) is 0 Å². The molecule has 2 nitrogen and oxygen atoms in total. The van der Waals surface area contributed by atoms with Gasteiger partial charge in [0.1, 0.15) is 12.8 Å². The van der Waals surface area contributed by atoms with Crippen molar-refractivity contribution in [3.8, 4) is 0 Å². The van der Waals surface area contributed by atoms with Crippen LogP contribution in [0, 0.1) is 6.61 Å². The van der Waals surface area contributed by atoms with Crippen LogP contribution in [0.1, 0.15) is 6.42 Å². The van der Waals surface area contributed by atoms with Crippen molar-refractivity contribution in [2.24, 2.45) is 0 Å². The highest BCUT2D eigenvalue weighted by Crippen LogP contribution is 2.18. The minimum Gasteiger partial charge on any atom is -0.394 e. The van der Waals surface area contributed by atoms with Crippen molar-refractivity contribution in [3.05, 3.63) is 6.61 Å². The molecule has 47 valence electrons. The summed E-state index contributed by atoms with van der Waals surface area (Å²) < 4.78 is 16.7. The van der Waals surface area contributed by atoms with Crippen LogP contribution in [0.15, 0.2) is 0 Å². The van der Waals surface area contributed by atoms with E-state index in [1.807, 2.05) is 0 Å². The molecular weight excluding hydrogens is 111 g/mol. The van der Waals surface area contributed by atoms with Crippen LogP contribution >= 0.6 is 0 Å². The zero-order valence-corrected chi connectivity index (χ0v) is 4.38. The van der Waals surface area contributed by atoms with Crippen molar-refractivity contribution in [1.82, 2.24) is 0 Å². The second-order valence-electron chi connectivity index (χ2n) is 1.83. The molecule has 1 fully saturated rings. The number of aliphatic hydroxyl groups is 1. The zero-order valence-electron chi connectivity index (χ0n) is 4.38. The third kappa shape index (κ3) is 1.17. The van der Waals surface area contributed by atoms with Gasteiger partial charge in [-0.25, -0.2) is 4.39 Å². The Kier molecular flexibility index (Phi) is 1.81. The maximum atomic E-state index is 12.1. The maximum absolute atomic E-state index is 12.1. The van der Waals surface area contributed by atoms with Crippen LogP contribution in [0.4, 0.5) is 4.39 Å². The summed E-state index contributed by atoms with van der Waals surface area (Å²) in [5.41, 5.74) is 0. The number of aliphatic hydroxyl groups excluding tert-OH is 1. The minimum atomic E-state index is -0.979. The van der Waals surface area contributed by atoms with Crippen LogP contribution in [0.2, 0.25) is 0 Å². The second kappa shape index (κ2) is 2.42. The highest BCUT2D eigenvalue weighted by molar-refractivity contribution is 4.79. The van der Waals surface area contributed by atoms with Crippen LogP contribution in [0.3, 0.4) is 0 Å². The van der Waals surface area contributed by atoms with Gasteiger partial charge in [0, 0.05) is 6.42 Å². The Hall–Kier alpha value is -0.150. The quantitative estimate of drug-likeness (QED) is 0.536. The Morgan fingerprint density at radius 1 is 1.88 bits per heavy atom. The Labute approximate surface area is 47.3 Å². The number of hydrogen-bond donors (Lipinski definition) is 1. The lowest BCUT2D eigenvalue weighted by atomic mass is 10.2. The summed E-state index contributed by atoms with van der Waals surface area (Å²) in [6.45, 7) is 1.04. The van der Waals surface area contributed by atoms with Gasteiger partial charge in [0.25, 0.3) is 0 Å². The number of ether oxygens (including phenoxy) is 1.